The Hall–Kier alpha value is -3.81. The molecule has 0 fully saturated rings. The van der Waals surface area contributed by atoms with E-state index in [2.05, 4.69) is 35.8 Å². The number of ether oxygens (including phenoxy) is 2. The monoisotopic (exact) mass is 531 g/mol. The van der Waals surface area contributed by atoms with Gasteiger partial charge in [0.2, 0.25) is 5.55 Å². The van der Waals surface area contributed by atoms with E-state index in [-0.39, 0.29) is 5.60 Å². The van der Waals surface area contributed by atoms with Crippen molar-refractivity contribution in [2.24, 2.45) is 5.10 Å². The van der Waals surface area contributed by atoms with Crippen LogP contribution in [0.2, 0.25) is 0 Å². The number of amides is 2. The number of carbonyl (C=O) groups is 2. The third-order valence-electron chi connectivity index (χ3n) is 7.13. The van der Waals surface area contributed by atoms with Crippen LogP contribution in [-0.4, -0.2) is 23.2 Å². The molecule has 2 amide bonds. The maximum atomic E-state index is 13.4. The van der Waals surface area contributed by atoms with Gasteiger partial charge in [-0.15, -0.1) is 5.10 Å². The highest BCUT2D eigenvalue weighted by Crippen LogP contribution is 2.38. The van der Waals surface area contributed by atoms with Crippen molar-refractivity contribution in [3.05, 3.63) is 70.3 Å². The zero-order valence-electron chi connectivity index (χ0n) is 23.3. The fourth-order valence-electron chi connectivity index (χ4n) is 5.24. The predicted octanol–water partition coefficient (Wildman–Crippen LogP) is 5.61. The van der Waals surface area contributed by atoms with Gasteiger partial charge in [-0.2, -0.15) is 0 Å². The standard InChI is InChI=1S/C31H37N3O5/c1-30(2,3)39-29(36)32-26(19-11-7-6-8-12-19)27(35)33-34-28-22-14-10-9-13-21(22)23-17-20-15-16-31(4,5)38-24(20)18-25(23)37-28/h6-8,11-12,17-18,26H,9-10,13-16H2,1-5H3,(H,32,36)(H,33,35)/b34-28+. The molecule has 1 aliphatic carbocycles. The summed E-state index contributed by atoms with van der Waals surface area (Å²) in [5, 5.41) is 8.21. The van der Waals surface area contributed by atoms with Crippen molar-refractivity contribution in [3.8, 4) is 5.75 Å². The van der Waals surface area contributed by atoms with Crippen molar-refractivity contribution in [1.29, 1.82) is 0 Å². The van der Waals surface area contributed by atoms with E-state index in [4.69, 9.17) is 13.9 Å². The number of benzene rings is 2. The number of nitrogens with zero attached hydrogens (tertiary/aromatic N) is 1. The van der Waals surface area contributed by atoms with Crippen molar-refractivity contribution in [2.45, 2.75) is 90.4 Å². The highest BCUT2D eigenvalue weighted by molar-refractivity contribution is 5.87. The van der Waals surface area contributed by atoms with Crippen LogP contribution < -0.4 is 21.0 Å². The van der Waals surface area contributed by atoms with E-state index in [1.807, 2.05) is 24.3 Å². The Labute approximate surface area is 228 Å². The van der Waals surface area contributed by atoms with Crippen LogP contribution >= 0.6 is 0 Å². The fraction of sp³-hybridized carbons (Fsp3) is 0.452. The molecule has 0 bridgehead atoms. The molecular formula is C31H37N3O5. The summed E-state index contributed by atoms with van der Waals surface area (Å²) in [5.74, 6) is 0.335. The number of fused-ring (bicyclic) bond motifs is 4. The minimum absolute atomic E-state index is 0.232. The van der Waals surface area contributed by atoms with Crippen LogP contribution in [0.3, 0.4) is 0 Å². The number of alkyl carbamates (subject to hydrolysis) is 1. The Bertz CT molecular complexity index is 1470. The first-order chi connectivity index (χ1) is 18.5. The van der Waals surface area contributed by atoms with Gasteiger partial charge in [-0.3, -0.25) is 4.79 Å². The maximum Gasteiger partial charge on any atom is 0.408 e. The van der Waals surface area contributed by atoms with Crippen molar-refractivity contribution >= 4 is 23.0 Å². The topological polar surface area (TPSA) is 102 Å². The Balaban J connectivity index is 1.50. The lowest BCUT2D eigenvalue weighted by Crippen LogP contribution is -2.41. The van der Waals surface area contributed by atoms with Crippen LogP contribution in [-0.2, 0) is 28.8 Å². The number of hydrogen-bond donors (Lipinski definition) is 2. The molecule has 8 nitrogen and oxygen atoms in total. The first-order valence-corrected chi connectivity index (χ1v) is 13.7. The molecule has 2 N–H and O–H groups in total. The summed E-state index contributed by atoms with van der Waals surface area (Å²) in [6.07, 6.45) is 5.10. The Morgan fingerprint density at radius 1 is 1.03 bits per heavy atom. The van der Waals surface area contributed by atoms with E-state index >= 15 is 0 Å². The molecule has 2 aromatic carbocycles. The third kappa shape index (κ3) is 6.10. The molecule has 1 aliphatic heterocycles. The largest absolute Gasteiger partial charge is 0.487 e. The summed E-state index contributed by atoms with van der Waals surface area (Å²) in [5.41, 5.74) is 6.82. The normalized spacial score (nSPS) is 17.4. The molecular weight excluding hydrogens is 494 g/mol. The quantitative estimate of drug-likeness (QED) is 0.426. The van der Waals surface area contributed by atoms with Crippen molar-refractivity contribution in [2.75, 3.05) is 0 Å². The zero-order valence-corrected chi connectivity index (χ0v) is 23.3. The summed E-state index contributed by atoms with van der Waals surface area (Å²) >= 11 is 0. The van der Waals surface area contributed by atoms with E-state index in [0.29, 0.717) is 16.7 Å². The van der Waals surface area contributed by atoms with Crippen molar-refractivity contribution in [3.63, 3.8) is 0 Å². The number of hydrogen-bond acceptors (Lipinski definition) is 6. The molecule has 3 aromatic rings. The Morgan fingerprint density at radius 3 is 2.46 bits per heavy atom. The number of nitrogens with one attached hydrogen (secondary N) is 2. The molecule has 1 atom stereocenters. The summed E-state index contributed by atoms with van der Waals surface area (Å²) < 4.78 is 17.9. The van der Waals surface area contributed by atoms with Gasteiger partial charge < -0.3 is 19.2 Å². The summed E-state index contributed by atoms with van der Waals surface area (Å²) in [7, 11) is 0. The highest BCUT2D eigenvalue weighted by atomic mass is 16.6. The summed E-state index contributed by atoms with van der Waals surface area (Å²) in [4.78, 5) is 25.9. The van der Waals surface area contributed by atoms with Crippen LogP contribution in [0.4, 0.5) is 4.79 Å². The van der Waals surface area contributed by atoms with E-state index in [1.54, 1.807) is 32.9 Å². The van der Waals surface area contributed by atoms with Crippen LogP contribution in [0.15, 0.2) is 52.0 Å². The van der Waals surface area contributed by atoms with Crippen molar-refractivity contribution in [1.82, 2.24) is 10.7 Å². The first kappa shape index (κ1) is 26.8. The molecule has 0 saturated heterocycles. The lowest BCUT2D eigenvalue weighted by atomic mass is 9.88. The van der Waals surface area contributed by atoms with E-state index < -0.39 is 23.6 Å². The molecule has 8 heteroatoms. The van der Waals surface area contributed by atoms with Crippen molar-refractivity contribution < 1.29 is 23.5 Å². The van der Waals surface area contributed by atoms with Gasteiger partial charge in [-0.05, 0) is 95.9 Å². The van der Waals surface area contributed by atoms with Crippen LogP contribution in [0.5, 0.6) is 5.75 Å². The van der Waals surface area contributed by atoms with Gasteiger partial charge in [0.15, 0.2) is 0 Å². The van der Waals surface area contributed by atoms with Crippen LogP contribution in [0.25, 0.3) is 11.0 Å². The summed E-state index contributed by atoms with van der Waals surface area (Å²) in [6.45, 7) is 9.50. The van der Waals surface area contributed by atoms with Gasteiger partial charge in [0, 0.05) is 17.0 Å². The molecule has 2 heterocycles. The van der Waals surface area contributed by atoms with Gasteiger partial charge in [-0.25, -0.2) is 10.2 Å². The van der Waals surface area contributed by atoms with Crippen LogP contribution in [0.1, 0.15) is 82.2 Å². The zero-order chi connectivity index (χ0) is 27.8. The van der Waals surface area contributed by atoms with Gasteiger partial charge in [0.25, 0.3) is 5.91 Å². The van der Waals surface area contributed by atoms with Gasteiger partial charge >= 0.3 is 6.09 Å². The molecule has 0 spiro atoms. The number of aryl methyl sites for hydroxylation is 2. The predicted molar refractivity (Wildman–Crippen MR) is 148 cm³/mol. The fourth-order valence-corrected chi connectivity index (χ4v) is 5.24. The maximum absolute atomic E-state index is 13.4. The molecule has 0 radical (unpaired) electrons. The van der Waals surface area contributed by atoms with Gasteiger partial charge in [-0.1, -0.05) is 30.3 Å². The van der Waals surface area contributed by atoms with E-state index in [9.17, 15) is 9.59 Å². The van der Waals surface area contributed by atoms with E-state index in [1.165, 1.54) is 11.1 Å². The molecule has 0 saturated carbocycles. The lowest BCUT2D eigenvalue weighted by molar-refractivity contribution is -0.123. The lowest BCUT2D eigenvalue weighted by Gasteiger charge is -2.33. The number of rotatable bonds is 4. The second kappa shape index (κ2) is 10.4. The molecule has 1 aromatic heterocycles. The minimum Gasteiger partial charge on any atom is -0.487 e. The average molecular weight is 532 g/mol. The molecule has 206 valence electrons. The molecule has 5 rings (SSSR count). The second-order valence-electron chi connectivity index (χ2n) is 12.0. The van der Waals surface area contributed by atoms with Gasteiger partial charge in [0.05, 0.1) is 0 Å². The Kier molecular flexibility index (Phi) is 7.14. The highest BCUT2D eigenvalue weighted by Gasteiger charge is 2.29. The first-order valence-electron chi connectivity index (χ1n) is 13.7. The molecule has 1 unspecified atom stereocenters. The minimum atomic E-state index is -0.997. The summed E-state index contributed by atoms with van der Waals surface area (Å²) in [6, 6.07) is 12.2. The van der Waals surface area contributed by atoms with Crippen LogP contribution in [0, 0.1) is 0 Å². The van der Waals surface area contributed by atoms with E-state index in [0.717, 1.165) is 55.2 Å². The Morgan fingerprint density at radius 2 is 1.74 bits per heavy atom. The second-order valence-corrected chi connectivity index (χ2v) is 12.0. The third-order valence-corrected chi connectivity index (χ3v) is 7.13. The number of carbonyl (C=O) groups excluding carboxylic acids is 2. The van der Waals surface area contributed by atoms with Gasteiger partial charge in [0.1, 0.15) is 28.6 Å². The molecule has 2 aliphatic rings. The SMILES string of the molecule is CC(C)(C)OC(=O)NC(C(=O)N/N=c1/oc2cc3c(cc2c2c1CCCC2)CCC(C)(C)O3)c1ccccc1. The smallest absolute Gasteiger partial charge is 0.408 e. The average Bonchev–Trinajstić information content (AvgIpc) is 2.88. The molecule has 39 heavy (non-hydrogen) atoms.